The summed E-state index contributed by atoms with van der Waals surface area (Å²) in [6, 6.07) is 21.9. The Morgan fingerprint density at radius 3 is 1.50 bits per heavy atom. The van der Waals surface area contributed by atoms with Crippen molar-refractivity contribution in [2.75, 3.05) is 0 Å². The third-order valence-electron chi connectivity index (χ3n) is 6.45. The summed E-state index contributed by atoms with van der Waals surface area (Å²) in [6.07, 6.45) is 13.3. The van der Waals surface area contributed by atoms with Gasteiger partial charge in [-0.15, -0.1) is 0 Å². The molecule has 0 radical (unpaired) electrons. The van der Waals surface area contributed by atoms with Gasteiger partial charge in [0.1, 0.15) is 5.82 Å². The fraction of sp³-hybridized carbons (Fsp3) is 0.371. The van der Waals surface area contributed by atoms with Crippen LogP contribution < -0.4 is 0 Å². The van der Waals surface area contributed by atoms with Crippen molar-refractivity contribution in [3.8, 4) is 23.7 Å². The molecule has 0 unspecified atom stereocenters. The minimum Gasteiger partial charge on any atom is -0.206 e. The van der Waals surface area contributed by atoms with Crippen LogP contribution in [0.5, 0.6) is 0 Å². The second kappa shape index (κ2) is 15.7. The highest BCUT2D eigenvalue weighted by Gasteiger charge is 2.02. The number of rotatable bonds is 11. The second-order valence-corrected chi connectivity index (χ2v) is 9.56. The summed E-state index contributed by atoms with van der Waals surface area (Å²) in [5, 5.41) is 0. The van der Waals surface area contributed by atoms with Crippen molar-refractivity contribution in [1.29, 1.82) is 0 Å². The molecule has 3 aromatic carbocycles. The van der Waals surface area contributed by atoms with Crippen molar-refractivity contribution in [3.05, 3.63) is 106 Å². The van der Waals surface area contributed by atoms with Gasteiger partial charge in [0.15, 0.2) is 0 Å². The normalized spacial score (nSPS) is 10.3. The molecular weight excluding hydrogens is 439 g/mol. The van der Waals surface area contributed by atoms with E-state index in [0.717, 1.165) is 41.5 Å². The van der Waals surface area contributed by atoms with Gasteiger partial charge in [-0.1, -0.05) is 101 Å². The van der Waals surface area contributed by atoms with Crippen LogP contribution in [0, 0.1) is 29.5 Å². The van der Waals surface area contributed by atoms with E-state index in [-0.39, 0.29) is 5.82 Å². The Kier molecular flexibility index (Phi) is 11.9. The van der Waals surface area contributed by atoms with Gasteiger partial charge in [-0.05, 0) is 85.3 Å². The molecule has 3 rings (SSSR count). The van der Waals surface area contributed by atoms with Gasteiger partial charge >= 0.3 is 0 Å². The summed E-state index contributed by atoms with van der Waals surface area (Å²) in [6.45, 7) is 4.46. The highest BCUT2D eigenvalue weighted by molar-refractivity contribution is 5.48. The molecule has 0 aliphatic carbocycles. The Balaban J connectivity index is 1.53. The Labute approximate surface area is 218 Å². The van der Waals surface area contributed by atoms with E-state index in [2.05, 4.69) is 61.8 Å². The number of unbranched alkanes of at least 4 members (excludes halogenated alkanes) is 7. The first-order valence-corrected chi connectivity index (χ1v) is 13.7. The zero-order valence-electron chi connectivity index (χ0n) is 22.0. The Morgan fingerprint density at radius 2 is 0.944 bits per heavy atom. The molecule has 0 aromatic heterocycles. The predicted octanol–water partition coefficient (Wildman–Crippen LogP) is 9.26. The van der Waals surface area contributed by atoms with Crippen LogP contribution >= 0.6 is 0 Å². The third-order valence-corrected chi connectivity index (χ3v) is 6.45. The second-order valence-electron chi connectivity index (χ2n) is 9.56. The van der Waals surface area contributed by atoms with Crippen LogP contribution in [0.25, 0.3) is 0 Å². The molecule has 0 heterocycles. The first-order valence-electron chi connectivity index (χ1n) is 13.7. The van der Waals surface area contributed by atoms with E-state index in [1.165, 1.54) is 56.9 Å². The maximum absolute atomic E-state index is 14.5. The zero-order chi connectivity index (χ0) is 25.4. The zero-order valence-corrected chi connectivity index (χ0v) is 22.0. The Bertz CT molecular complexity index is 1180. The van der Waals surface area contributed by atoms with Gasteiger partial charge in [0.2, 0.25) is 0 Å². The van der Waals surface area contributed by atoms with E-state index in [1.54, 1.807) is 12.1 Å². The van der Waals surface area contributed by atoms with E-state index < -0.39 is 0 Å². The van der Waals surface area contributed by atoms with Crippen molar-refractivity contribution in [1.82, 2.24) is 0 Å². The van der Waals surface area contributed by atoms with Gasteiger partial charge < -0.3 is 0 Å². The number of halogens is 1. The topological polar surface area (TPSA) is 0 Å². The average Bonchev–Trinajstić information content (AvgIpc) is 2.90. The summed E-state index contributed by atoms with van der Waals surface area (Å²) >= 11 is 0. The van der Waals surface area contributed by atoms with Gasteiger partial charge in [-0.25, -0.2) is 4.39 Å². The van der Waals surface area contributed by atoms with Crippen molar-refractivity contribution < 1.29 is 4.39 Å². The minimum absolute atomic E-state index is 0.233. The Hall–Kier alpha value is -3.29. The molecule has 0 nitrogen and oxygen atoms in total. The molecule has 0 spiro atoms. The lowest BCUT2D eigenvalue weighted by Crippen LogP contribution is -1.91. The molecule has 0 bridgehead atoms. The summed E-state index contributed by atoms with van der Waals surface area (Å²) in [5.41, 5.74) is 5.71. The number of hydrogen-bond donors (Lipinski definition) is 0. The number of hydrogen-bond acceptors (Lipinski definition) is 0. The van der Waals surface area contributed by atoms with Gasteiger partial charge in [0, 0.05) is 16.7 Å². The molecule has 0 saturated carbocycles. The molecule has 186 valence electrons. The lowest BCUT2D eigenvalue weighted by atomic mass is 10.0. The van der Waals surface area contributed by atoms with Gasteiger partial charge in [-0.2, -0.15) is 0 Å². The standard InChI is InChI=1S/C35H39F/c1-3-5-7-9-11-13-33-25-27-34(35(36)28-33)26-24-32-22-20-31(21-23-32)19-18-30-16-14-29(15-17-30)12-10-8-6-4-2/h14-17,20-23,25,27-28H,3-13H2,1-2H3. The van der Waals surface area contributed by atoms with Crippen molar-refractivity contribution in [2.45, 2.75) is 84.5 Å². The molecule has 36 heavy (non-hydrogen) atoms. The molecule has 1 heteroatoms. The first kappa shape index (κ1) is 27.3. The van der Waals surface area contributed by atoms with Crippen LogP contribution in [0.2, 0.25) is 0 Å². The average molecular weight is 479 g/mol. The molecule has 0 amide bonds. The lowest BCUT2D eigenvalue weighted by Gasteiger charge is -2.03. The van der Waals surface area contributed by atoms with Crippen LogP contribution in [0.4, 0.5) is 4.39 Å². The number of aryl methyl sites for hydroxylation is 2. The molecule has 0 aliphatic heterocycles. The van der Waals surface area contributed by atoms with Crippen LogP contribution in [0.1, 0.15) is 105 Å². The van der Waals surface area contributed by atoms with E-state index in [1.807, 2.05) is 30.3 Å². The van der Waals surface area contributed by atoms with Crippen molar-refractivity contribution >= 4 is 0 Å². The Morgan fingerprint density at radius 1 is 0.500 bits per heavy atom. The molecular formula is C35H39F. The first-order chi connectivity index (χ1) is 17.7. The van der Waals surface area contributed by atoms with Crippen molar-refractivity contribution in [2.24, 2.45) is 0 Å². The lowest BCUT2D eigenvalue weighted by molar-refractivity contribution is 0.613. The summed E-state index contributed by atoms with van der Waals surface area (Å²) in [5.74, 6) is 12.3. The number of benzene rings is 3. The predicted molar refractivity (Wildman–Crippen MR) is 152 cm³/mol. The van der Waals surface area contributed by atoms with Gasteiger partial charge in [0.25, 0.3) is 0 Å². The summed E-state index contributed by atoms with van der Waals surface area (Å²) in [7, 11) is 0. The molecule has 0 fully saturated rings. The monoisotopic (exact) mass is 478 g/mol. The molecule has 0 atom stereocenters. The maximum Gasteiger partial charge on any atom is 0.139 e. The van der Waals surface area contributed by atoms with Crippen LogP contribution in [0.15, 0.2) is 66.7 Å². The minimum atomic E-state index is -0.233. The van der Waals surface area contributed by atoms with E-state index >= 15 is 0 Å². The smallest absolute Gasteiger partial charge is 0.139 e. The highest BCUT2D eigenvalue weighted by Crippen LogP contribution is 2.14. The third kappa shape index (κ3) is 9.76. The van der Waals surface area contributed by atoms with E-state index in [0.29, 0.717) is 5.56 Å². The van der Waals surface area contributed by atoms with Gasteiger partial charge in [-0.3, -0.25) is 0 Å². The van der Waals surface area contributed by atoms with Crippen LogP contribution in [-0.2, 0) is 12.8 Å². The molecule has 0 N–H and O–H groups in total. The van der Waals surface area contributed by atoms with Gasteiger partial charge in [0.05, 0.1) is 5.56 Å². The van der Waals surface area contributed by atoms with E-state index in [4.69, 9.17) is 0 Å². The molecule has 0 saturated heterocycles. The highest BCUT2D eigenvalue weighted by atomic mass is 19.1. The maximum atomic E-state index is 14.5. The van der Waals surface area contributed by atoms with Crippen LogP contribution in [0.3, 0.4) is 0 Å². The SMILES string of the molecule is CCCCCCCc1ccc(C#Cc2ccc(C#Cc3ccc(CCCCCC)cc3)cc2)c(F)c1. The van der Waals surface area contributed by atoms with E-state index in [9.17, 15) is 4.39 Å². The quantitative estimate of drug-likeness (QED) is 0.190. The summed E-state index contributed by atoms with van der Waals surface area (Å²) < 4.78 is 14.5. The molecule has 0 aliphatic rings. The van der Waals surface area contributed by atoms with Crippen molar-refractivity contribution in [3.63, 3.8) is 0 Å². The summed E-state index contributed by atoms with van der Waals surface area (Å²) in [4.78, 5) is 0. The fourth-order valence-electron chi connectivity index (χ4n) is 4.18. The fourth-order valence-corrected chi connectivity index (χ4v) is 4.18. The van der Waals surface area contributed by atoms with Crippen LogP contribution in [-0.4, -0.2) is 0 Å². The largest absolute Gasteiger partial charge is 0.206 e. The molecule has 3 aromatic rings.